The van der Waals surface area contributed by atoms with Gasteiger partial charge in [-0.05, 0) is 67.8 Å². The fourth-order valence-electron chi connectivity index (χ4n) is 3.40. The van der Waals surface area contributed by atoms with E-state index >= 15 is 0 Å². The zero-order valence-electron chi connectivity index (χ0n) is 17.7. The number of carbonyl (C=O) groups excluding carboxylic acids is 1. The summed E-state index contributed by atoms with van der Waals surface area (Å²) in [6.45, 7) is 7.39. The molecule has 2 heterocycles. The monoisotopic (exact) mass is 434 g/mol. The lowest BCUT2D eigenvalue weighted by atomic mass is 10.0. The third-order valence-corrected chi connectivity index (χ3v) is 6.00. The first-order chi connectivity index (χ1) is 14.8. The summed E-state index contributed by atoms with van der Waals surface area (Å²) in [6.07, 6.45) is 0. The standard InChI is InChI=1S/C23H22N4O3S/c1-13-8-20-17(10-22(29)30-21(20)9-14(13)2)12-31-23-26-25-15(3)27(23)19-7-5-6-18(11-19)24-16(4)28/h5-11H,12H2,1-4H3,(H,24,28). The van der Waals surface area contributed by atoms with Crippen LogP contribution in [0.15, 0.2) is 56.8 Å². The Balaban J connectivity index is 1.68. The smallest absolute Gasteiger partial charge is 0.336 e. The van der Waals surface area contributed by atoms with Gasteiger partial charge in [0.15, 0.2) is 5.16 Å². The summed E-state index contributed by atoms with van der Waals surface area (Å²) >= 11 is 1.49. The van der Waals surface area contributed by atoms with Crippen molar-refractivity contribution in [2.24, 2.45) is 0 Å². The van der Waals surface area contributed by atoms with E-state index in [2.05, 4.69) is 21.6 Å². The van der Waals surface area contributed by atoms with Crippen molar-refractivity contribution in [3.8, 4) is 5.69 Å². The molecule has 0 aliphatic heterocycles. The number of carbonyl (C=O) groups is 1. The molecule has 0 radical (unpaired) electrons. The molecule has 0 fully saturated rings. The highest BCUT2D eigenvalue weighted by molar-refractivity contribution is 7.98. The molecule has 0 saturated carbocycles. The molecular weight excluding hydrogens is 412 g/mol. The first kappa shape index (κ1) is 20.9. The normalized spacial score (nSPS) is 11.1. The van der Waals surface area contributed by atoms with Gasteiger partial charge in [-0.3, -0.25) is 9.36 Å². The van der Waals surface area contributed by atoms with E-state index in [1.807, 2.05) is 55.7 Å². The van der Waals surface area contributed by atoms with Crippen molar-refractivity contribution in [3.63, 3.8) is 0 Å². The number of rotatable bonds is 5. The van der Waals surface area contributed by atoms with E-state index in [-0.39, 0.29) is 11.5 Å². The molecule has 31 heavy (non-hydrogen) atoms. The molecule has 158 valence electrons. The first-order valence-corrected chi connectivity index (χ1v) is 10.8. The molecule has 0 aliphatic rings. The molecule has 1 N–H and O–H groups in total. The van der Waals surface area contributed by atoms with E-state index < -0.39 is 0 Å². The minimum Gasteiger partial charge on any atom is -0.423 e. The van der Waals surface area contributed by atoms with Gasteiger partial charge in [-0.1, -0.05) is 17.8 Å². The van der Waals surface area contributed by atoms with Crippen molar-refractivity contribution in [1.29, 1.82) is 0 Å². The van der Waals surface area contributed by atoms with Gasteiger partial charge in [0.05, 0.1) is 5.69 Å². The van der Waals surface area contributed by atoms with Gasteiger partial charge < -0.3 is 9.73 Å². The summed E-state index contributed by atoms with van der Waals surface area (Å²) in [7, 11) is 0. The predicted molar refractivity (Wildman–Crippen MR) is 122 cm³/mol. The molecule has 1 amide bonds. The average molecular weight is 435 g/mol. The van der Waals surface area contributed by atoms with Gasteiger partial charge in [0.1, 0.15) is 11.4 Å². The average Bonchev–Trinajstić information content (AvgIpc) is 3.07. The molecule has 2 aromatic carbocycles. The topological polar surface area (TPSA) is 90.0 Å². The second-order valence-corrected chi connectivity index (χ2v) is 8.35. The molecule has 0 saturated heterocycles. The van der Waals surface area contributed by atoms with Crippen molar-refractivity contribution in [2.45, 2.75) is 38.6 Å². The SMILES string of the molecule is CC(=O)Nc1cccc(-n2c(C)nnc2SCc2cc(=O)oc3cc(C)c(C)cc23)c1. The van der Waals surface area contributed by atoms with Crippen LogP contribution < -0.4 is 10.9 Å². The fraction of sp³-hybridized carbons (Fsp3) is 0.217. The Morgan fingerprint density at radius 3 is 2.65 bits per heavy atom. The van der Waals surface area contributed by atoms with Crippen LogP contribution in [0.4, 0.5) is 5.69 Å². The van der Waals surface area contributed by atoms with Crippen LogP contribution in [0, 0.1) is 20.8 Å². The molecule has 0 unspecified atom stereocenters. The summed E-state index contributed by atoms with van der Waals surface area (Å²) < 4.78 is 7.33. The Morgan fingerprint density at radius 2 is 1.87 bits per heavy atom. The lowest BCUT2D eigenvalue weighted by Gasteiger charge is -2.11. The van der Waals surface area contributed by atoms with Gasteiger partial charge in [-0.2, -0.15) is 0 Å². The third-order valence-electron chi connectivity index (χ3n) is 5.02. The number of aromatic nitrogens is 3. The molecule has 0 atom stereocenters. The molecule has 0 aliphatic carbocycles. The number of amides is 1. The van der Waals surface area contributed by atoms with Crippen molar-refractivity contribution >= 4 is 34.3 Å². The zero-order valence-corrected chi connectivity index (χ0v) is 18.5. The van der Waals surface area contributed by atoms with Gasteiger partial charge in [0, 0.05) is 29.8 Å². The van der Waals surface area contributed by atoms with Gasteiger partial charge in [0.25, 0.3) is 0 Å². The van der Waals surface area contributed by atoms with Crippen LogP contribution in [0.3, 0.4) is 0 Å². The van der Waals surface area contributed by atoms with Crippen LogP contribution in [0.5, 0.6) is 0 Å². The van der Waals surface area contributed by atoms with Gasteiger partial charge in [-0.25, -0.2) is 4.79 Å². The summed E-state index contributed by atoms with van der Waals surface area (Å²) in [5, 5.41) is 13.0. The fourth-order valence-corrected chi connectivity index (χ4v) is 4.39. The molecule has 0 spiro atoms. The van der Waals surface area contributed by atoms with Crippen molar-refractivity contribution in [2.75, 3.05) is 5.32 Å². The maximum atomic E-state index is 12.1. The number of fused-ring (bicyclic) bond motifs is 1. The molecule has 2 aromatic heterocycles. The van der Waals surface area contributed by atoms with Crippen LogP contribution >= 0.6 is 11.8 Å². The molecule has 4 aromatic rings. The van der Waals surface area contributed by atoms with Crippen LogP contribution in [0.2, 0.25) is 0 Å². The van der Waals surface area contributed by atoms with E-state index in [1.54, 1.807) is 0 Å². The number of hydrogen-bond donors (Lipinski definition) is 1. The Labute approximate surface area is 183 Å². The van der Waals surface area contributed by atoms with Gasteiger partial charge >= 0.3 is 5.63 Å². The van der Waals surface area contributed by atoms with Crippen LogP contribution in [-0.4, -0.2) is 20.7 Å². The van der Waals surface area contributed by atoms with Crippen LogP contribution in [-0.2, 0) is 10.5 Å². The number of benzene rings is 2. The lowest BCUT2D eigenvalue weighted by Crippen LogP contribution is -2.07. The van der Waals surface area contributed by atoms with Crippen molar-refractivity contribution in [1.82, 2.24) is 14.8 Å². The minimum absolute atomic E-state index is 0.132. The van der Waals surface area contributed by atoms with Crippen molar-refractivity contribution in [3.05, 3.63) is 75.4 Å². The van der Waals surface area contributed by atoms with Crippen LogP contribution in [0.25, 0.3) is 16.7 Å². The Kier molecular flexibility index (Phi) is 5.65. The maximum absolute atomic E-state index is 12.1. The second-order valence-electron chi connectivity index (χ2n) is 7.41. The highest BCUT2D eigenvalue weighted by Crippen LogP contribution is 2.29. The molecular formula is C23H22N4O3S. The second kappa shape index (κ2) is 8.39. The van der Waals surface area contributed by atoms with E-state index in [4.69, 9.17) is 4.42 Å². The molecule has 8 heteroatoms. The Bertz CT molecular complexity index is 1360. The number of anilines is 1. The maximum Gasteiger partial charge on any atom is 0.336 e. The van der Waals surface area contributed by atoms with E-state index in [0.29, 0.717) is 22.2 Å². The lowest BCUT2D eigenvalue weighted by molar-refractivity contribution is -0.114. The van der Waals surface area contributed by atoms with E-state index in [1.165, 1.54) is 24.8 Å². The van der Waals surface area contributed by atoms with Gasteiger partial charge in [-0.15, -0.1) is 10.2 Å². The minimum atomic E-state index is -0.369. The van der Waals surface area contributed by atoms with Gasteiger partial charge in [0.2, 0.25) is 5.91 Å². The summed E-state index contributed by atoms with van der Waals surface area (Å²) in [6, 6.07) is 13.0. The van der Waals surface area contributed by atoms with E-state index in [9.17, 15) is 9.59 Å². The first-order valence-electron chi connectivity index (χ1n) is 9.78. The summed E-state index contributed by atoms with van der Waals surface area (Å²) in [5.74, 6) is 1.13. The third kappa shape index (κ3) is 4.39. The molecule has 4 rings (SSSR count). The zero-order chi connectivity index (χ0) is 22.1. The highest BCUT2D eigenvalue weighted by atomic mass is 32.2. The number of aryl methyl sites for hydroxylation is 3. The largest absolute Gasteiger partial charge is 0.423 e. The highest BCUT2D eigenvalue weighted by Gasteiger charge is 2.14. The van der Waals surface area contributed by atoms with E-state index in [0.717, 1.165) is 33.6 Å². The number of hydrogen-bond acceptors (Lipinski definition) is 6. The Hall–Kier alpha value is -3.39. The summed E-state index contributed by atoms with van der Waals surface area (Å²) in [5.41, 5.74) is 4.88. The summed E-state index contributed by atoms with van der Waals surface area (Å²) in [4.78, 5) is 23.5. The molecule has 7 nitrogen and oxygen atoms in total. The number of thioether (sulfide) groups is 1. The number of nitrogens with one attached hydrogen (secondary N) is 1. The molecule has 0 bridgehead atoms. The number of nitrogens with zero attached hydrogens (tertiary/aromatic N) is 3. The quantitative estimate of drug-likeness (QED) is 0.366. The predicted octanol–water partition coefficient (Wildman–Crippen LogP) is 4.55. The Morgan fingerprint density at radius 1 is 1.10 bits per heavy atom. The van der Waals surface area contributed by atoms with Crippen molar-refractivity contribution < 1.29 is 9.21 Å². The van der Waals surface area contributed by atoms with Crippen LogP contribution in [0.1, 0.15) is 29.4 Å².